The Labute approximate surface area is 65.5 Å². The molecule has 0 saturated heterocycles. The maximum absolute atomic E-state index is 10.7. The van der Waals surface area contributed by atoms with Crippen LogP contribution in [0.25, 0.3) is 0 Å². The second-order valence-corrected chi connectivity index (χ2v) is 2.63. The Balaban J connectivity index is 2.71. The summed E-state index contributed by atoms with van der Waals surface area (Å²) in [6, 6.07) is 3.49. The van der Waals surface area contributed by atoms with Crippen molar-refractivity contribution in [1.82, 2.24) is 0 Å². The first-order valence-corrected chi connectivity index (χ1v) is 3.54. The van der Waals surface area contributed by atoms with Crippen LogP contribution in [0.1, 0.15) is 12.5 Å². The first kappa shape index (κ1) is 8.01. The number of pyridine rings is 1. The van der Waals surface area contributed by atoms with Crippen molar-refractivity contribution in [1.29, 1.82) is 0 Å². The van der Waals surface area contributed by atoms with E-state index in [1.165, 1.54) is 12.4 Å². The minimum atomic E-state index is -0.391. The molecule has 1 aromatic rings. The second-order valence-electron chi connectivity index (χ2n) is 2.63. The van der Waals surface area contributed by atoms with Gasteiger partial charge in [-0.3, -0.25) is 0 Å². The quantitative estimate of drug-likeness (QED) is 0.489. The van der Waals surface area contributed by atoms with Crippen LogP contribution in [-0.2, 0) is 6.42 Å². The van der Waals surface area contributed by atoms with Crippen LogP contribution in [0, 0.1) is 5.21 Å². The number of hydrogen-bond acceptors (Lipinski definition) is 2. The summed E-state index contributed by atoms with van der Waals surface area (Å²) in [5.41, 5.74) is 0.859. The molecule has 0 spiro atoms. The molecule has 60 valence electrons. The average Bonchev–Trinajstić information content (AvgIpc) is 1.85. The molecule has 1 atom stereocenters. The molecule has 0 aliphatic rings. The van der Waals surface area contributed by atoms with Crippen molar-refractivity contribution in [3.8, 4) is 0 Å². The molecule has 0 amide bonds. The van der Waals surface area contributed by atoms with E-state index < -0.39 is 6.10 Å². The maximum Gasteiger partial charge on any atom is 0.183 e. The second kappa shape index (κ2) is 3.34. The highest BCUT2D eigenvalue weighted by atomic mass is 16.5. The molecule has 0 aromatic carbocycles. The lowest BCUT2D eigenvalue weighted by molar-refractivity contribution is -0.605. The van der Waals surface area contributed by atoms with E-state index in [9.17, 15) is 5.21 Å². The zero-order valence-electron chi connectivity index (χ0n) is 6.40. The highest BCUT2D eigenvalue weighted by Crippen LogP contribution is 1.98. The van der Waals surface area contributed by atoms with E-state index in [0.717, 1.165) is 10.3 Å². The minimum absolute atomic E-state index is 0.391. The van der Waals surface area contributed by atoms with Crippen LogP contribution in [-0.4, -0.2) is 11.2 Å². The van der Waals surface area contributed by atoms with Crippen molar-refractivity contribution in [3.63, 3.8) is 0 Å². The van der Waals surface area contributed by atoms with Crippen LogP contribution >= 0.6 is 0 Å². The fraction of sp³-hybridized carbons (Fsp3) is 0.375. The third-order valence-corrected chi connectivity index (χ3v) is 1.37. The maximum atomic E-state index is 10.7. The first-order chi connectivity index (χ1) is 5.18. The molecule has 1 N–H and O–H groups in total. The summed E-state index contributed by atoms with van der Waals surface area (Å²) >= 11 is 0. The molecule has 11 heavy (non-hydrogen) atoms. The molecule has 0 radical (unpaired) electrons. The van der Waals surface area contributed by atoms with E-state index in [0.29, 0.717) is 6.42 Å². The highest BCUT2D eigenvalue weighted by molar-refractivity contribution is 5.06. The summed E-state index contributed by atoms with van der Waals surface area (Å²) in [4.78, 5) is 0. The standard InChI is InChI=1S/C8H11NO2/c1-7(10)5-8-3-2-4-9(11)6-8/h2-4,6-7,10H,5H2,1H3. The van der Waals surface area contributed by atoms with Gasteiger partial charge in [0.25, 0.3) is 0 Å². The van der Waals surface area contributed by atoms with Gasteiger partial charge in [-0.2, -0.15) is 4.73 Å². The molecule has 1 rings (SSSR count). The normalized spacial score (nSPS) is 12.9. The number of nitrogens with zero attached hydrogens (tertiary/aromatic N) is 1. The molecule has 0 bridgehead atoms. The predicted molar refractivity (Wildman–Crippen MR) is 40.8 cm³/mol. The van der Waals surface area contributed by atoms with Crippen molar-refractivity contribution < 1.29 is 9.84 Å². The predicted octanol–water partition coefficient (Wildman–Crippen LogP) is 0.243. The van der Waals surface area contributed by atoms with Gasteiger partial charge in [0, 0.05) is 18.1 Å². The van der Waals surface area contributed by atoms with E-state index in [4.69, 9.17) is 5.11 Å². The van der Waals surface area contributed by atoms with Crippen LogP contribution in [0.15, 0.2) is 24.5 Å². The molecule has 0 saturated carbocycles. The van der Waals surface area contributed by atoms with Gasteiger partial charge in [-0.05, 0) is 13.0 Å². The van der Waals surface area contributed by atoms with Crippen LogP contribution in [0.3, 0.4) is 0 Å². The summed E-state index contributed by atoms with van der Waals surface area (Å²) in [6.45, 7) is 1.70. The van der Waals surface area contributed by atoms with Crippen LogP contribution in [0.2, 0.25) is 0 Å². The van der Waals surface area contributed by atoms with Gasteiger partial charge in [-0.25, -0.2) is 0 Å². The van der Waals surface area contributed by atoms with Gasteiger partial charge in [0.05, 0.1) is 6.10 Å². The first-order valence-electron chi connectivity index (χ1n) is 3.54. The lowest BCUT2D eigenvalue weighted by atomic mass is 10.1. The van der Waals surface area contributed by atoms with Crippen LogP contribution < -0.4 is 4.73 Å². The largest absolute Gasteiger partial charge is 0.619 e. The van der Waals surface area contributed by atoms with E-state index in [2.05, 4.69) is 0 Å². The molecular weight excluding hydrogens is 142 g/mol. The molecule has 3 heteroatoms. The van der Waals surface area contributed by atoms with Gasteiger partial charge < -0.3 is 10.3 Å². The Kier molecular flexibility index (Phi) is 2.44. The summed E-state index contributed by atoms with van der Waals surface area (Å²) < 4.78 is 0.734. The molecule has 0 fully saturated rings. The van der Waals surface area contributed by atoms with E-state index in [1.807, 2.05) is 6.07 Å². The lowest BCUT2D eigenvalue weighted by Crippen LogP contribution is -2.25. The Morgan fingerprint density at radius 3 is 3.00 bits per heavy atom. The van der Waals surface area contributed by atoms with Gasteiger partial charge in [0.1, 0.15) is 0 Å². The number of aromatic nitrogens is 1. The number of aliphatic hydroxyl groups is 1. The Bertz CT molecular complexity index is 235. The molecule has 0 aliphatic heterocycles. The van der Waals surface area contributed by atoms with Crippen molar-refractivity contribution in [2.75, 3.05) is 0 Å². The fourth-order valence-corrected chi connectivity index (χ4v) is 0.963. The van der Waals surface area contributed by atoms with Crippen molar-refractivity contribution in [3.05, 3.63) is 35.3 Å². The number of rotatable bonds is 2. The SMILES string of the molecule is CC(O)Cc1ccc[n+]([O-])c1. The van der Waals surface area contributed by atoms with E-state index in [-0.39, 0.29) is 0 Å². The number of aliphatic hydroxyl groups excluding tert-OH is 1. The molecular formula is C8H11NO2. The van der Waals surface area contributed by atoms with Gasteiger partial charge in [0.15, 0.2) is 12.4 Å². The molecule has 0 aliphatic carbocycles. The summed E-state index contributed by atoms with van der Waals surface area (Å²) in [5.74, 6) is 0. The van der Waals surface area contributed by atoms with Crippen LogP contribution in [0.4, 0.5) is 0 Å². The van der Waals surface area contributed by atoms with Crippen LogP contribution in [0.5, 0.6) is 0 Å². The Morgan fingerprint density at radius 1 is 1.73 bits per heavy atom. The minimum Gasteiger partial charge on any atom is -0.619 e. The Morgan fingerprint density at radius 2 is 2.45 bits per heavy atom. The smallest absolute Gasteiger partial charge is 0.183 e. The van der Waals surface area contributed by atoms with Crippen molar-refractivity contribution >= 4 is 0 Å². The summed E-state index contributed by atoms with van der Waals surface area (Å²) in [6.07, 6.45) is 3.03. The highest BCUT2D eigenvalue weighted by Gasteiger charge is 2.00. The van der Waals surface area contributed by atoms with Crippen molar-refractivity contribution in [2.45, 2.75) is 19.4 Å². The molecule has 1 heterocycles. The fourth-order valence-electron chi connectivity index (χ4n) is 0.963. The number of hydrogen-bond donors (Lipinski definition) is 1. The molecule has 1 aromatic heterocycles. The summed E-state index contributed by atoms with van der Waals surface area (Å²) in [7, 11) is 0. The van der Waals surface area contributed by atoms with Gasteiger partial charge in [0.2, 0.25) is 0 Å². The third-order valence-electron chi connectivity index (χ3n) is 1.37. The zero-order chi connectivity index (χ0) is 8.27. The molecule has 1 unspecified atom stereocenters. The van der Waals surface area contributed by atoms with Crippen molar-refractivity contribution in [2.24, 2.45) is 0 Å². The molecule has 3 nitrogen and oxygen atoms in total. The summed E-state index contributed by atoms with van der Waals surface area (Å²) in [5, 5.41) is 19.7. The van der Waals surface area contributed by atoms with E-state index in [1.54, 1.807) is 13.0 Å². The lowest BCUT2D eigenvalue weighted by Gasteiger charge is -2.02. The third kappa shape index (κ3) is 2.55. The van der Waals surface area contributed by atoms with Gasteiger partial charge in [-0.15, -0.1) is 0 Å². The van der Waals surface area contributed by atoms with Gasteiger partial charge in [-0.1, -0.05) is 0 Å². The topological polar surface area (TPSA) is 47.2 Å². The average molecular weight is 153 g/mol. The van der Waals surface area contributed by atoms with Gasteiger partial charge >= 0.3 is 0 Å². The Hall–Kier alpha value is -1.09. The van der Waals surface area contributed by atoms with E-state index >= 15 is 0 Å². The monoisotopic (exact) mass is 153 g/mol. The zero-order valence-corrected chi connectivity index (χ0v) is 6.40.